The van der Waals surface area contributed by atoms with Crippen LogP contribution >= 0.6 is 0 Å². The number of rotatable bonds is 2. The average molecular weight is 182 g/mol. The number of amides is 2. The smallest absolute Gasteiger partial charge is 0.233 e. The zero-order chi connectivity index (χ0) is 9.80. The summed E-state index contributed by atoms with van der Waals surface area (Å²) in [6.45, 7) is 6.11. The van der Waals surface area contributed by atoms with Gasteiger partial charge in [0, 0.05) is 11.8 Å². The lowest BCUT2D eigenvalue weighted by Crippen LogP contribution is -2.34. The molecule has 5 atom stereocenters. The van der Waals surface area contributed by atoms with E-state index in [9.17, 15) is 9.59 Å². The summed E-state index contributed by atoms with van der Waals surface area (Å²) in [5.74, 6) is 1.16. The van der Waals surface area contributed by atoms with Crippen LogP contribution in [0.25, 0.3) is 0 Å². The van der Waals surface area contributed by atoms with Crippen LogP contribution in [0.5, 0.6) is 0 Å². The molecule has 1 heterocycles. The second-order valence-electron chi connectivity index (χ2n) is 4.39. The molecule has 0 radical (unpaired) electrons. The van der Waals surface area contributed by atoms with Crippen LogP contribution < -0.4 is 0 Å². The molecule has 2 amide bonds. The van der Waals surface area contributed by atoms with Gasteiger partial charge in [-0.3, -0.25) is 0 Å². The van der Waals surface area contributed by atoms with Crippen LogP contribution in [0.3, 0.4) is 0 Å². The number of imide groups is 1. The minimum atomic E-state index is 0.0983. The van der Waals surface area contributed by atoms with E-state index in [4.69, 9.17) is 0 Å². The molecule has 1 aliphatic heterocycles. The van der Waals surface area contributed by atoms with Gasteiger partial charge in [-0.1, -0.05) is 20.8 Å². The fraction of sp³-hybridized carbons (Fsp3) is 0.800. The van der Waals surface area contributed by atoms with E-state index in [-0.39, 0.29) is 10.4 Å². The lowest BCUT2D eigenvalue weighted by molar-refractivity contribution is -0.650. The largest absolute Gasteiger partial charge is 0.321 e. The first-order valence-corrected chi connectivity index (χ1v) is 4.99. The summed E-state index contributed by atoms with van der Waals surface area (Å²) < 4.78 is 0.138. The highest BCUT2D eigenvalue weighted by Gasteiger charge is 2.83. The zero-order valence-corrected chi connectivity index (χ0v) is 8.36. The van der Waals surface area contributed by atoms with Crippen LogP contribution in [0, 0.1) is 11.8 Å². The van der Waals surface area contributed by atoms with Gasteiger partial charge in [0.2, 0.25) is 0 Å². The molecule has 3 heteroatoms. The minimum absolute atomic E-state index is 0.0983. The highest BCUT2D eigenvalue weighted by molar-refractivity contribution is 5.79. The maximum Gasteiger partial charge on any atom is 0.321 e. The van der Waals surface area contributed by atoms with E-state index in [2.05, 4.69) is 13.8 Å². The predicted molar refractivity (Wildman–Crippen MR) is 47.5 cm³/mol. The minimum Gasteiger partial charge on any atom is -0.233 e. The molecule has 13 heavy (non-hydrogen) atoms. The first kappa shape index (κ1) is 8.88. The van der Waals surface area contributed by atoms with Crippen molar-refractivity contribution < 1.29 is 14.1 Å². The van der Waals surface area contributed by atoms with Crippen LogP contribution in [0.2, 0.25) is 0 Å². The van der Waals surface area contributed by atoms with E-state index in [1.54, 1.807) is 0 Å². The molecule has 3 nitrogen and oxygen atoms in total. The Morgan fingerprint density at radius 1 is 1.31 bits per heavy atom. The Bertz CT molecular complexity index is 260. The van der Waals surface area contributed by atoms with E-state index >= 15 is 0 Å². The second-order valence-corrected chi connectivity index (χ2v) is 4.39. The molecule has 0 aromatic rings. The molecule has 2 aliphatic rings. The monoisotopic (exact) mass is 182 g/mol. The van der Waals surface area contributed by atoms with Gasteiger partial charge in [-0.2, -0.15) is 4.48 Å². The third kappa shape index (κ3) is 0.742. The number of likely N-dealkylation sites (tertiary alicyclic amines) is 1. The molecule has 1 saturated carbocycles. The molecule has 0 bridgehead atoms. The third-order valence-electron chi connectivity index (χ3n) is 4.06. The summed E-state index contributed by atoms with van der Waals surface area (Å²) in [6.07, 6.45) is 1.34. The van der Waals surface area contributed by atoms with Gasteiger partial charge in [-0.25, -0.2) is 9.59 Å². The summed E-state index contributed by atoms with van der Waals surface area (Å²) in [7, 11) is 0. The van der Waals surface area contributed by atoms with E-state index in [0.29, 0.717) is 30.3 Å². The highest BCUT2D eigenvalue weighted by atomic mass is 16.2. The van der Waals surface area contributed by atoms with Gasteiger partial charge in [-0.15, -0.1) is 0 Å². The van der Waals surface area contributed by atoms with Gasteiger partial charge < -0.3 is 0 Å². The number of hydrogen-bond acceptors (Lipinski definition) is 2. The third-order valence-corrected chi connectivity index (χ3v) is 4.06. The molecular weight excluding hydrogens is 166 g/mol. The van der Waals surface area contributed by atoms with Crippen LogP contribution in [-0.4, -0.2) is 28.9 Å². The van der Waals surface area contributed by atoms with Gasteiger partial charge in [0.25, 0.3) is 0 Å². The van der Waals surface area contributed by atoms with Gasteiger partial charge in [0.15, 0.2) is 12.1 Å². The van der Waals surface area contributed by atoms with Crippen molar-refractivity contribution in [1.82, 2.24) is 0 Å². The van der Waals surface area contributed by atoms with Gasteiger partial charge in [-0.05, 0) is 0 Å². The maximum atomic E-state index is 11.6. The standard InChI is InChI=1S/C10H16NO2/c1-4-8(13)11(5-12)9-6(2)7(3)10(9)11/h5-7,9-10H,4H2,1-3H3/q+1/t6-,7?,9?,10?,11?/m0/s1. The fourth-order valence-electron chi connectivity index (χ4n) is 3.09. The molecule has 0 N–H and O–H groups in total. The number of nitrogens with zero attached hydrogens (tertiary/aromatic N) is 1. The zero-order valence-electron chi connectivity index (χ0n) is 8.36. The Morgan fingerprint density at radius 2 is 1.77 bits per heavy atom. The first-order chi connectivity index (χ1) is 6.11. The molecule has 72 valence electrons. The van der Waals surface area contributed by atoms with Crippen molar-refractivity contribution in [3.8, 4) is 0 Å². The molecule has 0 spiro atoms. The average Bonchev–Trinajstić information content (AvgIpc) is 2.82. The lowest BCUT2D eigenvalue weighted by Gasteiger charge is -2.19. The maximum absolute atomic E-state index is 11.6. The Kier molecular flexibility index (Phi) is 1.65. The van der Waals surface area contributed by atoms with Gasteiger partial charge in [0.05, 0.1) is 6.42 Å². The number of quaternary nitrogens is 1. The molecule has 4 unspecified atom stereocenters. The van der Waals surface area contributed by atoms with Crippen molar-refractivity contribution in [3.05, 3.63) is 0 Å². The Balaban J connectivity index is 2.24. The van der Waals surface area contributed by atoms with Crippen molar-refractivity contribution in [2.75, 3.05) is 0 Å². The quantitative estimate of drug-likeness (QED) is 0.362. The Hall–Kier alpha value is -0.700. The normalized spacial score (nSPS) is 51.9. The summed E-state index contributed by atoms with van der Waals surface area (Å²) >= 11 is 0. The van der Waals surface area contributed by atoms with E-state index in [0.717, 1.165) is 6.41 Å². The lowest BCUT2D eigenvalue weighted by atomic mass is 9.77. The number of fused-ring (bicyclic) bond motifs is 1. The summed E-state index contributed by atoms with van der Waals surface area (Å²) in [4.78, 5) is 22.6. The Morgan fingerprint density at radius 3 is 2.08 bits per heavy atom. The van der Waals surface area contributed by atoms with Crippen LogP contribution in [0.4, 0.5) is 0 Å². The Labute approximate surface area is 78.3 Å². The summed E-state index contributed by atoms with van der Waals surface area (Å²) in [6, 6.07) is 0.639. The highest BCUT2D eigenvalue weighted by Crippen LogP contribution is 2.60. The van der Waals surface area contributed by atoms with Crippen molar-refractivity contribution in [3.63, 3.8) is 0 Å². The van der Waals surface area contributed by atoms with Crippen molar-refractivity contribution in [1.29, 1.82) is 0 Å². The topological polar surface area (TPSA) is 34.1 Å². The number of carbonyl (C=O) groups excluding carboxylic acids is 2. The van der Waals surface area contributed by atoms with E-state index in [1.807, 2.05) is 6.92 Å². The fourth-order valence-corrected chi connectivity index (χ4v) is 3.09. The van der Waals surface area contributed by atoms with Crippen LogP contribution in [0.1, 0.15) is 27.2 Å². The molecule has 2 rings (SSSR count). The molecular formula is C10H16NO2+. The van der Waals surface area contributed by atoms with Crippen LogP contribution in [-0.2, 0) is 9.59 Å². The van der Waals surface area contributed by atoms with E-state index in [1.165, 1.54) is 0 Å². The first-order valence-electron chi connectivity index (χ1n) is 4.99. The predicted octanol–water partition coefficient (Wildman–Crippen LogP) is 0.933. The molecule has 1 saturated heterocycles. The molecule has 1 aliphatic carbocycles. The van der Waals surface area contributed by atoms with Crippen molar-refractivity contribution >= 4 is 12.3 Å². The van der Waals surface area contributed by atoms with Gasteiger partial charge >= 0.3 is 12.3 Å². The van der Waals surface area contributed by atoms with Crippen molar-refractivity contribution in [2.45, 2.75) is 39.3 Å². The number of carbonyl (C=O) groups is 2. The molecule has 0 aromatic heterocycles. The van der Waals surface area contributed by atoms with Crippen molar-refractivity contribution in [2.24, 2.45) is 11.8 Å². The van der Waals surface area contributed by atoms with Crippen LogP contribution in [0.15, 0.2) is 0 Å². The van der Waals surface area contributed by atoms with E-state index < -0.39 is 0 Å². The SMILES string of the molecule is CCC(=O)[N+]1(C=O)C2C(C)[C@H](C)C21. The second kappa shape index (κ2) is 2.41. The molecule has 0 aromatic carbocycles. The summed E-state index contributed by atoms with van der Waals surface area (Å²) in [5.41, 5.74) is 0. The number of hydrogen-bond donors (Lipinski definition) is 0. The summed E-state index contributed by atoms with van der Waals surface area (Å²) in [5, 5.41) is 0. The van der Waals surface area contributed by atoms with Gasteiger partial charge in [0.1, 0.15) is 0 Å². The molecule has 2 fully saturated rings.